The highest BCUT2D eigenvalue weighted by atomic mass is 31.2. The fraction of sp³-hybridized carbons (Fsp3) is 0.885. The number of likely N-dealkylation sites (N-methyl/N-ethyl adjacent to an activating group) is 1. The molecule has 0 fully saturated rings. The number of nitrogens with one attached hydrogen (secondary N) is 1. The van der Waals surface area contributed by atoms with Crippen molar-refractivity contribution in [3.63, 3.8) is 0 Å². The smallest absolute Gasteiger partial charge is 0.268 e. The van der Waals surface area contributed by atoms with Gasteiger partial charge in [0.1, 0.15) is 13.2 Å². The molecule has 8 nitrogen and oxygen atoms in total. The molecule has 0 saturated heterocycles. The van der Waals surface area contributed by atoms with E-state index in [4.69, 9.17) is 9.05 Å². The van der Waals surface area contributed by atoms with E-state index in [9.17, 15) is 19.4 Å². The van der Waals surface area contributed by atoms with E-state index in [0.717, 1.165) is 44.9 Å². The number of rotatable bonds is 56. The van der Waals surface area contributed by atoms with E-state index in [1.807, 2.05) is 27.2 Å². The van der Waals surface area contributed by atoms with Gasteiger partial charge in [0.25, 0.3) is 7.82 Å². The molecule has 414 valence electrons. The maximum atomic E-state index is 13.0. The molecule has 0 heterocycles. The van der Waals surface area contributed by atoms with E-state index >= 15 is 0 Å². The van der Waals surface area contributed by atoms with E-state index in [1.165, 1.54) is 231 Å². The van der Waals surface area contributed by atoms with Gasteiger partial charge in [-0.1, -0.05) is 281 Å². The minimum Gasteiger partial charge on any atom is -0.756 e. The number of carbonyl (C=O) groups is 1. The summed E-state index contributed by atoms with van der Waals surface area (Å²) < 4.78 is 23.3. The van der Waals surface area contributed by atoms with Crippen LogP contribution in [0.25, 0.3) is 0 Å². The monoisotopic (exact) mass is 1010 g/mol. The Labute approximate surface area is 436 Å². The molecule has 0 rings (SSSR count). The minimum atomic E-state index is -4.61. The summed E-state index contributed by atoms with van der Waals surface area (Å²) in [7, 11) is 1.25. The van der Waals surface area contributed by atoms with E-state index < -0.39 is 26.6 Å². The number of allylic oxidation sites excluding steroid dienone is 5. The first-order valence-corrected chi connectivity index (χ1v) is 31.8. The molecule has 0 saturated carbocycles. The maximum Gasteiger partial charge on any atom is 0.268 e. The zero-order valence-corrected chi connectivity index (χ0v) is 48.1. The molecule has 0 spiro atoms. The molecule has 3 atom stereocenters. The van der Waals surface area contributed by atoms with Crippen molar-refractivity contribution in [1.29, 1.82) is 0 Å². The van der Waals surface area contributed by atoms with Crippen LogP contribution >= 0.6 is 7.82 Å². The van der Waals surface area contributed by atoms with E-state index in [0.29, 0.717) is 17.4 Å². The SMILES string of the molecule is CCCCCCCCCCCCCCCCCCCCC/C=C/CC/C=C/CC/C=C/C(O)C(COP(=O)([O-])OCC[N+](C)(C)C)NC(=O)CCCCCCCCCCCCCCCCCCCCC. The lowest BCUT2D eigenvalue weighted by atomic mass is 10.0. The second kappa shape index (κ2) is 52.6. The Morgan fingerprint density at radius 3 is 1.16 bits per heavy atom. The Morgan fingerprint density at radius 1 is 0.486 bits per heavy atom. The van der Waals surface area contributed by atoms with Crippen LogP contribution in [0.1, 0.15) is 296 Å². The minimum absolute atomic E-state index is 0.00732. The molecule has 70 heavy (non-hydrogen) atoms. The van der Waals surface area contributed by atoms with Crippen molar-refractivity contribution in [3.8, 4) is 0 Å². The summed E-state index contributed by atoms with van der Waals surface area (Å²) in [5.41, 5.74) is 0. The highest BCUT2D eigenvalue weighted by Gasteiger charge is 2.23. The van der Waals surface area contributed by atoms with Crippen molar-refractivity contribution in [3.05, 3.63) is 36.5 Å². The van der Waals surface area contributed by atoms with Crippen LogP contribution in [-0.4, -0.2) is 68.5 Å². The molecule has 0 aromatic rings. The highest BCUT2D eigenvalue weighted by molar-refractivity contribution is 7.45. The molecule has 0 bridgehead atoms. The van der Waals surface area contributed by atoms with Gasteiger partial charge < -0.3 is 28.8 Å². The summed E-state index contributed by atoms with van der Waals surface area (Å²) in [6.07, 6.45) is 68.1. The molecule has 0 aliphatic rings. The summed E-state index contributed by atoms with van der Waals surface area (Å²) in [4.78, 5) is 25.5. The van der Waals surface area contributed by atoms with Crippen molar-refractivity contribution in [1.82, 2.24) is 5.32 Å². The zero-order chi connectivity index (χ0) is 51.3. The number of carbonyl (C=O) groups excluding carboxylic acids is 1. The average molecular weight is 1010 g/mol. The van der Waals surface area contributed by atoms with Crippen LogP contribution in [0.5, 0.6) is 0 Å². The number of quaternary nitrogens is 1. The fourth-order valence-electron chi connectivity index (χ4n) is 9.07. The molecule has 9 heteroatoms. The Bertz CT molecular complexity index is 1230. The molecule has 3 unspecified atom stereocenters. The van der Waals surface area contributed by atoms with Crippen molar-refractivity contribution in [2.24, 2.45) is 0 Å². The van der Waals surface area contributed by atoms with Crippen molar-refractivity contribution in [2.75, 3.05) is 40.9 Å². The van der Waals surface area contributed by atoms with E-state index in [1.54, 1.807) is 6.08 Å². The highest BCUT2D eigenvalue weighted by Crippen LogP contribution is 2.38. The Kier molecular flexibility index (Phi) is 51.6. The number of hydrogen-bond acceptors (Lipinski definition) is 6. The van der Waals surface area contributed by atoms with Gasteiger partial charge in [-0.15, -0.1) is 0 Å². The first-order valence-electron chi connectivity index (χ1n) is 30.4. The number of amides is 1. The van der Waals surface area contributed by atoms with Gasteiger partial charge in [-0.2, -0.15) is 0 Å². The van der Waals surface area contributed by atoms with Gasteiger partial charge in [-0.05, 0) is 44.9 Å². The number of aliphatic hydroxyl groups is 1. The summed E-state index contributed by atoms with van der Waals surface area (Å²) in [6.45, 7) is 4.66. The maximum absolute atomic E-state index is 13.0. The normalized spacial score (nSPS) is 14.1. The molecule has 1 amide bonds. The van der Waals surface area contributed by atoms with Crippen LogP contribution in [0.4, 0.5) is 0 Å². The third kappa shape index (κ3) is 54.5. The lowest BCUT2D eigenvalue weighted by Crippen LogP contribution is -2.45. The topological polar surface area (TPSA) is 108 Å². The van der Waals surface area contributed by atoms with Gasteiger partial charge in [0.15, 0.2) is 0 Å². The first kappa shape index (κ1) is 68.7. The van der Waals surface area contributed by atoms with Crippen LogP contribution in [0.15, 0.2) is 36.5 Å². The molecular formula is C61H119N2O6P. The lowest BCUT2D eigenvalue weighted by Gasteiger charge is -2.29. The predicted octanol–water partition coefficient (Wildman–Crippen LogP) is 17.9. The van der Waals surface area contributed by atoms with Gasteiger partial charge in [0, 0.05) is 6.42 Å². The zero-order valence-electron chi connectivity index (χ0n) is 47.2. The molecule has 0 aromatic carbocycles. The molecule has 0 aliphatic carbocycles. The standard InChI is InChI=1S/C61H119N2O6P/c1-6-8-10-12-14-16-18-20-22-24-26-27-28-29-30-31-32-33-34-35-37-38-40-42-44-46-48-50-52-54-60(64)59(58-69-70(66,67)68-57-56-63(3,4)5)62-61(65)55-53-51-49-47-45-43-41-39-36-25-23-21-19-17-15-13-11-9-7-2/h37-38,44,46,52,54,59-60,64H,6-36,39-43,45,47-51,53,55-58H2,1-5H3,(H-,62,65,66,67)/b38-37+,46-44+,54-52+. The molecule has 2 N–H and O–H groups in total. The van der Waals surface area contributed by atoms with Crippen LogP contribution in [0, 0.1) is 0 Å². The second-order valence-corrected chi connectivity index (χ2v) is 23.5. The molecule has 0 radical (unpaired) electrons. The number of aliphatic hydroxyl groups excluding tert-OH is 1. The second-order valence-electron chi connectivity index (χ2n) is 22.0. The molecule has 0 aliphatic heterocycles. The third-order valence-corrected chi connectivity index (χ3v) is 14.8. The van der Waals surface area contributed by atoms with Crippen LogP contribution < -0.4 is 10.2 Å². The number of phosphoric ester groups is 1. The van der Waals surface area contributed by atoms with Gasteiger partial charge in [0.2, 0.25) is 5.91 Å². The lowest BCUT2D eigenvalue weighted by molar-refractivity contribution is -0.870. The Morgan fingerprint density at radius 2 is 0.800 bits per heavy atom. The summed E-state index contributed by atoms with van der Waals surface area (Å²) in [5.74, 6) is -0.206. The third-order valence-electron chi connectivity index (χ3n) is 13.8. The van der Waals surface area contributed by atoms with Crippen LogP contribution in [-0.2, 0) is 18.4 Å². The quantitative estimate of drug-likeness (QED) is 0.0272. The fourth-order valence-corrected chi connectivity index (χ4v) is 9.79. The summed E-state index contributed by atoms with van der Waals surface area (Å²) >= 11 is 0. The first-order chi connectivity index (χ1) is 34.0. The number of hydrogen-bond donors (Lipinski definition) is 2. The van der Waals surface area contributed by atoms with Crippen LogP contribution in [0.3, 0.4) is 0 Å². The number of phosphoric acid groups is 1. The number of unbranched alkanes of at least 4 members (excludes halogenated alkanes) is 39. The Balaban J connectivity index is 4.21. The largest absolute Gasteiger partial charge is 0.756 e. The summed E-state index contributed by atoms with van der Waals surface area (Å²) in [6, 6.07) is -0.908. The van der Waals surface area contributed by atoms with E-state index in [2.05, 4.69) is 43.5 Å². The van der Waals surface area contributed by atoms with Crippen molar-refractivity contribution < 1.29 is 32.9 Å². The van der Waals surface area contributed by atoms with Crippen LogP contribution in [0.2, 0.25) is 0 Å². The van der Waals surface area contributed by atoms with Gasteiger partial charge >= 0.3 is 0 Å². The van der Waals surface area contributed by atoms with E-state index in [-0.39, 0.29) is 12.5 Å². The summed E-state index contributed by atoms with van der Waals surface area (Å²) in [5, 5.41) is 13.9. The Hall–Kier alpha value is -1.28. The average Bonchev–Trinajstić information content (AvgIpc) is 3.32. The number of nitrogens with zero attached hydrogens (tertiary/aromatic N) is 1. The van der Waals surface area contributed by atoms with Crippen molar-refractivity contribution >= 4 is 13.7 Å². The van der Waals surface area contributed by atoms with Gasteiger partial charge in [-0.3, -0.25) is 9.36 Å². The van der Waals surface area contributed by atoms with Crippen molar-refractivity contribution in [2.45, 2.75) is 309 Å². The van der Waals surface area contributed by atoms with Gasteiger partial charge in [0.05, 0.1) is 39.9 Å². The molecule has 0 aromatic heterocycles. The van der Waals surface area contributed by atoms with Gasteiger partial charge in [-0.25, -0.2) is 0 Å². The molecular weight excluding hydrogens is 888 g/mol. The predicted molar refractivity (Wildman–Crippen MR) is 302 cm³/mol.